The normalized spacial score (nSPS) is 12.0. The van der Waals surface area contributed by atoms with Crippen LogP contribution in [-0.2, 0) is 6.54 Å². The van der Waals surface area contributed by atoms with Gasteiger partial charge in [0, 0.05) is 18.8 Å². The molecule has 0 aliphatic heterocycles. The van der Waals surface area contributed by atoms with Gasteiger partial charge in [-0.25, -0.2) is 4.39 Å². The summed E-state index contributed by atoms with van der Waals surface area (Å²) >= 11 is 0. The second kappa shape index (κ2) is 8.86. The molecule has 0 spiro atoms. The van der Waals surface area contributed by atoms with Gasteiger partial charge in [0.25, 0.3) is 5.91 Å². The zero-order valence-corrected chi connectivity index (χ0v) is 17.3. The number of hydrogen-bond donors (Lipinski definition) is 0. The van der Waals surface area contributed by atoms with Gasteiger partial charge in [-0.1, -0.05) is 12.1 Å². The minimum absolute atomic E-state index is 0.101. The average molecular weight is 419 g/mol. The van der Waals surface area contributed by atoms with Crippen LogP contribution >= 0.6 is 0 Å². The number of hydrogen-bond acceptors (Lipinski definition) is 5. The van der Waals surface area contributed by atoms with Crippen LogP contribution in [0.4, 0.5) is 4.39 Å². The molecular weight excluding hydrogens is 397 g/mol. The van der Waals surface area contributed by atoms with Crippen molar-refractivity contribution in [1.29, 1.82) is 0 Å². The number of carbonyl (C=O) groups is 1. The first kappa shape index (κ1) is 20.4. The number of para-hydroxylation sites is 1. The van der Waals surface area contributed by atoms with Crippen LogP contribution in [0.15, 0.2) is 67.3 Å². The highest BCUT2D eigenvalue weighted by molar-refractivity contribution is 5.97. The minimum Gasteiger partial charge on any atom is -0.334 e. The van der Waals surface area contributed by atoms with E-state index in [0.717, 1.165) is 0 Å². The lowest BCUT2D eigenvalue weighted by Crippen LogP contribution is -2.41. The van der Waals surface area contributed by atoms with E-state index in [1.807, 2.05) is 44.3 Å². The topological polar surface area (TPSA) is 81.7 Å². The van der Waals surface area contributed by atoms with E-state index in [2.05, 4.69) is 20.3 Å². The van der Waals surface area contributed by atoms with Crippen molar-refractivity contribution in [2.45, 2.75) is 26.4 Å². The molecule has 158 valence electrons. The number of halogens is 1. The third-order valence-corrected chi connectivity index (χ3v) is 4.98. The Morgan fingerprint density at radius 2 is 1.87 bits per heavy atom. The summed E-state index contributed by atoms with van der Waals surface area (Å²) < 4.78 is 14.9. The van der Waals surface area contributed by atoms with Crippen molar-refractivity contribution in [3.8, 4) is 17.1 Å². The second-order valence-electron chi connectivity index (χ2n) is 7.06. The van der Waals surface area contributed by atoms with E-state index in [0.29, 0.717) is 35.7 Å². The van der Waals surface area contributed by atoms with Crippen molar-refractivity contribution in [2.24, 2.45) is 0 Å². The summed E-state index contributed by atoms with van der Waals surface area (Å²) in [5, 5.41) is 12.8. The number of carbonyl (C=O) groups excluding carboxylic acids is 1. The van der Waals surface area contributed by atoms with Crippen molar-refractivity contribution in [1.82, 2.24) is 34.7 Å². The fourth-order valence-electron chi connectivity index (χ4n) is 3.48. The lowest BCUT2D eigenvalue weighted by molar-refractivity contribution is 0.0685. The largest absolute Gasteiger partial charge is 0.334 e. The molecule has 4 rings (SSSR count). The van der Waals surface area contributed by atoms with Crippen molar-refractivity contribution < 1.29 is 9.18 Å². The van der Waals surface area contributed by atoms with Gasteiger partial charge < -0.3 is 4.90 Å². The van der Waals surface area contributed by atoms with Gasteiger partial charge in [0.05, 0.1) is 42.1 Å². The molecule has 4 aromatic rings. The van der Waals surface area contributed by atoms with Crippen LogP contribution in [0.25, 0.3) is 17.1 Å². The predicted octanol–water partition coefficient (Wildman–Crippen LogP) is 3.22. The molecule has 9 heteroatoms. The highest BCUT2D eigenvalue weighted by Gasteiger charge is 2.24. The Hall–Kier alpha value is -3.88. The van der Waals surface area contributed by atoms with E-state index < -0.39 is 0 Å². The van der Waals surface area contributed by atoms with Crippen LogP contribution in [-0.4, -0.2) is 53.2 Å². The van der Waals surface area contributed by atoms with Gasteiger partial charge in [-0.05, 0) is 44.2 Å². The first-order chi connectivity index (χ1) is 15.1. The summed E-state index contributed by atoms with van der Waals surface area (Å²) in [5.41, 5.74) is 2.41. The summed E-state index contributed by atoms with van der Waals surface area (Å²) in [6.07, 6.45) is 6.15. The van der Waals surface area contributed by atoms with Crippen molar-refractivity contribution in [3.63, 3.8) is 0 Å². The van der Waals surface area contributed by atoms with Crippen LogP contribution in [0.5, 0.6) is 0 Å². The Balaban J connectivity index is 1.52. The Morgan fingerprint density at radius 1 is 1.10 bits per heavy atom. The van der Waals surface area contributed by atoms with E-state index in [-0.39, 0.29) is 17.8 Å². The van der Waals surface area contributed by atoms with Crippen molar-refractivity contribution in [3.05, 3.63) is 78.6 Å². The molecule has 0 saturated heterocycles. The van der Waals surface area contributed by atoms with Gasteiger partial charge in [0.2, 0.25) is 0 Å². The van der Waals surface area contributed by atoms with Crippen LogP contribution in [0.3, 0.4) is 0 Å². The van der Waals surface area contributed by atoms with Gasteiger partial charge >= 0.3 is 0 Å². The molecule has 3 aromatic heterocycles. The van der Waals surface area contributed by atoms with Gasteiger partial charge in [0.1, 0.15) is 11.5 Å². The summed E-state index contributed by atoms with van der Waals surface area (Å²) in [6.45, 7) is 4.96. The van der Waals surface area contributed by atoms with E-state index >= 15 is 0 Å². The molecule has 0 radical (unpaired) electrons. The minimum atomic E-state index is -0.389. The lowest BCUT2D eigenvalue weighted by atomic mass is 10.1. The maximum Gasteiger partial charge on any atom is 0.256 e. The Morgan fingerprint density at radius 3 is 2.58 bits per heavy atom. The maximum absolute atomic E-state index is 13.4. The monoisotopic (exact) mass is 419 g/mol. The molecule has 0 unspecified atom stereocenters. The zero-order valence-electron chi connectivity index (χ0n) is 17.3. The first-order valence-corrected chi connectivity index (χ1v) is 9.99. The molecule has 0 N–H and O–H groups in total. The molecule has 1 atom stereocenters. The molecular formula is C22H22FN7O. The summed E-state index contributed by atoms with van der Waals surface area (Å²) in [4.78, 5) is 20.7. The third-order valence-electron chi connectivity index (χ3n) is 4.98. The van der Waals surface area contributed by atoms with Gasteiger partial charge in [0.15, 0.2) is 0 Å². The average Bonchev–Trinajstić information content (AvgIpc) is 3.47. The molecule has 1 amide bonds. The summed E-state index contributed by atoms with van der Waals surface area (Å²) in [7, 11) is 0. The number of pyridine rings is 1. The van der Waals surface area contributed by atoms with Crippen molar-refractivity contribution >= 4 is 5.91 Å². The van der Waals surface area contributed by atoms with Gasteiger partial charge in [-0.3, -0.25) is 14.5 Å². The standard InChI is InChI=1S/C22H22FN7O/c1-3-29(22(31)18-6-4-5-7-21(18)30-25-11-12-26-30)16(2)15-28-13-10-20(27-28)19-9-8-17(23)14-24-19/h4-14,16H,3,15H2,1-2H3/t16-/m0/s1. The molecule has 3 heterocycles. The quantitative estimate of drug-likeness (QED) is 0.459. The number of rotatable bonds is 7. The smallest absolute Gasteiger partial charge is 0.256 e. The lowest BCUT2D eigenvalue weighted by Gasteiger charge is -2.28. The van der Waals surface area contributed by atoms with Crippen LogP contribution in [0.1, 0.15) is 24.2 Å². The second-order valence-corrected chi connectivity index (χ2v) is 7.06. The molecule has 0 fully saturated rings. The fraction of sp³-hybridized carbons (Fsp3) is 0.227. The van der Waals surface area contributed by atoms with Crippen LogP contribution < -0.4 is 0 Å². The van der Waals surface area contributed by atoms with Crippen LogP contribution in [0, 0.1) is 5.82 Å². The first-order valence-electron chi connectivity index (χ1n) is 9.99. The maximum atomic E-state index is 13.4. The summed E-state index contributed by atoms with van der Waals surface area (Å²) in [5.74, 6) is -0.491. The SMILES string of the molecule is CCN(C(=O)c1ccccc1-n1nccn1)[C@@H](C)Cn1ccc(-c2ccc(F)cn2)n1. The third kappa shape index (κ3) is 4.35. The highest BCUT2D eigenvalue weighted by atomic mass is 19.1. The van der Waals surface area contributed by atoms with E-state index in [9.17, 15) is 9.18 Å². The van der Waals surface area contributed by atoms with E-state index in [1.54, 1.807) is 34.1 Å². The van der Waals surface area contributed by atoms with Gasteiger partial charge in [-0.2, -0.15) is 20.1 Å². The molecule has 1 aromatic carbocycles. The number of amides is 1. The summed E-state index contributed by atoms with van der Waals surface area (Å²) in [6, 6.07) is 11.9. The van der Waals surface area contributed by atoms with Crippen molar-refractivity contribution in [2.75, 3.05) is 6.54 Å². The highest BCUT2D eigenvalue weighted by Crippen LogP contribution is 2.18. The predicted molar refractivity (Wildman–Crippen MR) is 113 cm³/mol. The molecule has 8 nitrogen and oxygen atoms in total. The Kier molecular flexibility index (Phi) is 5.83. The van der Waals surface area contributed by atoms with E-state index in [1.165, 1.54) is 17.1 Å². The van der Waals surface area contributed by atoms with Crippen LogP contribution in [0.2, 0.25) is 0 Å². The molecule has 0 aliphatic rings. The van der Waals surface area contributed by atoms with Gasteiger partial charge in [-0.15, -0.1) is 0 Å². The number of likely N-dealkylation sites (N-methyl/N-ethyl adjacent to an activating group) is 1. The molecule has 0 aliphatic carbocycles. The Bertz CT molecular complexity index is 1150. The molecule has 31 heavy (non-hydrogen) atoms. The fourth-order valence-corrected chi connectivity index (χ4v) is 3.48. The number of aromatic nitrogens is 6. The number of nitrogens with zero attached hydrogens (tertiary/aromatic N) is 7. The Labute approximate surface area is 179 Å². The molecule has 0 bridgehead atoms. The zero-order chi connectivity index (χ0) is 21.8. The number of benzene rings is 1. The van der Waals surface area contributed by atoms with E-state index in [4.69, 9.17) is 0 Å². The molecule has 0 saturated carbocycles.